The Hall–Kier alpha value is -4.07. The summed E-state index contributed by atoms with van der Waals surface area (Å²) >= 11 is 0. The van der Waals surface area contributed by atoms with Crippen LogP contribution >= 0.6 is 0 Å². The van der Waals surface area contributed by atoms with Gasteiger partial charge in [-0.1, -0.05) is 12.1 Å². The van der Waals surface area contributed by atoms with Gasteiger partial charge in [0.15, 0.2) is 0 Å². The van der Waals surface area contributed by atoms with E-state index in [9.17, 15) is 4.79 Å². The monoisotopic (exact) mass is 499 g/mol. The SMILES string of the molecule is Cc1cc(C2=NN=NC2)cc(C)c1-c1ccc(F)c2c1CC[C@H]2Oc1ccc2c(c1)OC[C@H]2CC(=O)O. The maximum Gasteiger partial charge on any atom is 0.304 e. The second-order valence-corrected chi connectivity index (χ2v) is 9.86. The number of carbonyl (C=O) groups is 1. The number of fused-ring (bicyclic) bond motifs is 2. The first-order valence-electron chi connectivity index (χ1n) is 12.4. The maximum absolute atomic E-state index is 15.2. The van der Waals surface area contributed by atoms with Gasteiger partial charge < -0.3 is 14.6 Å². The van der Waals surface area contributed by atoms with Crippen LogP contribution in [0.25, 0.3) is 11.1 Å². The van der Waals surface area contributed by atoms with Gasteiger partial charge in [0.2, 0.25) is 0 Å². The van der Waals surface area contributed by atoms with Crippen LogP contribution < -0.4 is 9.47 Å². The lowest BCUT2D eigenvalue weighted by Crippen LogP contribution is -2.07. The Balaban J connectivity index is 1.30. The summed E-state index contributed by atoms with van der Waals surface area (Å²) in [6.45, 7) is 4.95. The highest BCUT2D eigenvalue weighted by Gasteiger charge is 2.32. The summed E-state index contributed by atoms with van der Waals surface area (Å²) in [5, 5.41) is 20.9. The van der Waals surface area contributed by atoms with E-state index in [-0.39, 0.29) is 18.2 Å². The van der Waals surface area contributed by atoms with Crippen molar-refractivity contribution in [3.05, 3.63) is 81.7 Å². The van der Waals surface area contributed by atoms with Gasteiger partial charge in [-0.15, -0.1) is 5.10 Å². The van der Waals surface area contributed by atoms with E-state index in [1.807, 2.05) is 18.2 Å². The first-order chi connectivity index (χ1) is 17.9. The molecule has 0 aromatic heterocycles. The Kier molecular flexibility index (Phi) is 5.74. The van der Waals surface area contributed by atoms with Crippen LogP contribution in [0, 0.1) is 19.7 Å². The molecule has 0 spiro atoms. The molecule has 0 amide bonds. The van der Waals surface area contributed by atoms with Gasteiger partial charge in [-0.25, -0.2) is 4.39 Å². The lowest BCUT2D eigenvalue weighted by Gasteiger charge is -2.19. The van der Waals surface area contributed by atoms with Crippen LogP contribution in [0.4, 0.5) is 4.39 Å². The van der Waals surface area contributed by atoms with Gasteiger partial charge in [-0.3, -0.25) is 4.79 Å². The largest absolute Gasteiger partial charge is 0.492 e. The molecule has 0 unspecified atom stereocenters. The van der Waals surface area contributed by atoms with Crippen molar-refractivity contribution in [2.75, 3.05) is 13.2 Å². The number of ether oxygens (including phenoxy) is 2. The molecule has 6 rings (SSSR count). The van der Waals surface area contributed by atoms with Crippen molar-refractivity contribution < 1.29 is 23.8 Å². The molecule has 0 saturated heterocycles. The van der Waals surface area contributed by atoms with Gasteiger partial charge in [-0.2, -0.15) is 5.11 Å². The van der Waals surface area contributed by atoms with Gasteiger partial charge in [0.05, 0.1) is 18.7 Å². The van der Waals surface area contributed by atoms with Crippen molar-refractivity contribution in [2.24, 2.45) is 15.4 Å². The number of aliphatic carboxylic acids is 1. The second kappa shape index (κ2) is 9.10. The van der Waals surface area contributed by atoms with Crippen LogP contribution in [0.15, 0.2) is 57.9 Å². The molecule has 1 aliphatic carbocycles. The van der Waals surface area contributed by atoms with Gasteiger partial charge in [0.1, 0.15) is 30.0 Å². The molecule has 2 atom stereocenters. The van der Waals surface area contributed by atoms with Gasteiger partial charge in [0.25, 0.3) is 0 Å². The Labute approximate surface area is 213 Å². The van der Waals surface area contributed by atoms with Gasteiger partial charge >= 0.3 is 5.97 Å². The summed E-state index contributed by atoms with van der Waals surface area (Å²) < 4.78 is 27.2. The normalized spacial score (nSPS) is 19.4. The molecule has 0 fully saturated rings. The van der Waals surface area contributed by atoms with E-state index in [1.54, 1.807) is 6.07 Å². The minimum atomic E-state index is -0.853. The van der Waals surface area contributed by atoms with E-state index in [2.05, 4.69) is 41.4 Å². The molecule has 2 aliphatic heterocycles. The predicted octanol–water partition coefficient (Wildman–Crippen LogP) is 6.30. The number of hydrogen-bond donors (Lipinski definition) is 1. The minimum Gasteiger partial charge on any atom is -0.492 e. The zero-order valence-corrected chi connectivity index (χ0v) is 20.6. The highest BCUT2D eigenvalue weighted by molar-refractivity contribution is 6.03. The molecule has 3 aromatic rings. The minimum absolute atomic E-state index is 0.0236. The molecule has 0 bridgehead atoms. The molecule has 1 N–H and O–H groups in total. The van der Waals surface area contributed by atoms with E-state index in [0.717, 1.165) is 44.7 Å². The van der Waals surface area contributed by atoms with Crippen LogP contribution in [0.2, 0.25) is 0 Å². The lowest BCUT2D eigenvalue weighted by molar-refractivity contribution is -0.137. The Morgan fingerprint density at radius 3 is 2.70 bits per heavy atom. The zero-order valence-electron chi connectivity index (χ0n) is 20.6. The highest BCUT2D eigenvalue weighted by atomic mass is 19.1. The Morgan fingerprint density at radius 2 is 1.97 bits per heavy atom. The fourth-order valence-electron chi connectivity index (χ4n) is 5.82. The third-order valence-corrected chi connectivity index (χ3v) is 7.43. The third kappa shape index (κ3) is 4.16. The highest BCUT2D eigenvalue weighted by Crippen LogP contribution is 2.45. The van der Waals surface area contributed by atoms with Crippen LogP contribution in [0.5, 0.6) is 11.5 Å². The van der Waals surface area contributed by atoms with Crippen LogP contribution in [0.1, 0.15) is 58.2 Å². The van der Waals surface area contributed by atoms with Crippen LogP contribution in [0.3, 0.4) is 0 Å². The Bertz CT molecular complexity index is 1470. The number of benzene rings is 3. The molecule has 7 nitrogen and oxygen atoms in total. The predicted molar refractivity (Wildman–Crippen MR) is 136 cm³/mol. The van der Waals surface area contributed by atoms with Crippen molar-refractivity contribution in [1.29, 1.82) is 0 Å². The van der Waals surface area contributed by atoms with Gasteiger partial charge in [-0.05, 0) is 84.0 Å². The van der Waals surface area contributed by atoms with E-state index in [1.165, 1.54) is 6.07 Å². The molecule has 3 aliphatic rings. The van der Waals surface area contributed by atoms with Crippen molar-refractivity contribution in [2.45, 2.75) is 45.1 Å². The van der Waals surface area contributed by atoms with Crippen molar-refractivity contribution in [3.63, 3.8) is 0 Å². The number of aryl methyl sites for hydroxylation is 2. The topological polar surface area (TPSA) is 92.8 Å². The average Bonchev–Trinajstić information content (AvgIpc) is 3.61. The first-order valence-corrected chi connectivity index (χ1v) is 12.4. The zero-order chi connectivity index (χ0) is 25.7. The fourth-order valence-corrected chi connectivity index (χ4v) is 5.82. The molecule has 188 valence electrons. The first kappa shape index (κ1) is 23.3. The summed E-state index contributed by atoms with van der Waals surface area (Å²) in [6.07, 6.45) is 0.981. The van der Waals surface area contributed by atoms with Crippen molar-refractivity contribution in [1.82, 2.24) is 0 Å². The smallest absolute Gasteiger partial charge is 0.304 e. The number of halogens is 1. The number of carboxylic acid groups (broad SMARTS) is 1. The second-order valence-electron chi connectivity index (χ2n) is 9.86. The summed E-state index contributed by atoms with van der Waals surface area (Å²) in [6, 6.07) is 13.1. The van der Waals surface area contributed by atoms with Crippen LogP contribution in [-0.2, 0) is 11.2 Å². The van der Waals surface area contributed by atoms with Gasteiger partial charge in [0, 0.05) is 28.7 Å². The number of rotatable bonds is 6. The maximum atomic E-state index is 15.2. The third-order valence-electron chi connectivity index (χ3n) is 7.43. The fraction of sp³-hybridized carbons (Fsp3) is 0.310. The average molecular weight is 500 g/mol. The lowest BCUT2D eigenvalue weighted by atomic mass is 9.88. The number of carboxylic acids is 1. The molecular weight excluding hydrogens is 473 g/mol. The molecule has 0 radical (unpaired) electrons. The molecule has 8 heteroatoms. The summed E-state index contributed by atoms with van der Waals surface area (Å²) in [7, 11) is 0. The summed E-state index contributed by atoms with van der Waals surface area (Å²) in [5.74, 6) is -0.0712. The summed E-state index contributed by atoms with van der Waals surface area (Å²) in [4.78, 5) is 11.1. The number of hydrogen-bond acceptors (Lipinski definition) is 6. The standard InChI is InChI=1S/C29H26FN3O4/c1-15-9-17(24-13-31-33-32-24)10-16(2)28(15)21-5-7-23(30)29-22(21)6-8-25(29)37-19-3-4-20-18(11-27(34)35)14-36-26(20)12-19/h3-5,7,9-10,12,18,25H,6,8,11,13-14H2,1-2H3,(H,34,35)/t18-,25-/m1/s1. The number of nitrogens with zero attached hydrogens (tertiary/aromatic N) is 3. The molecule has 3 aromatic carbocycles. The van der Waals surface area contributed by atoms with E-state index >= 15 is 4.39 Å². The van der Waals surface area contributed by atoms with E-state index in [4.69, 9.17) is 14.6 Å². The molecule has 0 saturated carbocycles. The summed E-state index contributed by atoms with van der Waals surface area (Å²) in [5.41, 5.74) is 8.62. The molecule has 2 heterocycles. The quantitative estimate of drug-likeness (QED) is 0.431. The van der Waals surface area contributed by atoms with Crippen molar-refractivity contribution in [3.8, 4) is 22.6 Å². The van der Waals surface area contributed by atoms with E-state index in [0.29, 0.717) is 43.1 Å². The van der Waals surface area contributed by atoms with Crippen molar-refractivity contribution >= 4 is 11.7 Å². The Morgan fingerprint density at radius 1 is 1.16 bits per heavy atom. The molecule has 37 heavy (non-hydrogen) atoms. The van der Waals surface area contributed by atoms with Crippen LogP contribution in [-0.4, -0.2) is 29.9 Å². The molecular formula is C29H26FN3O4. The van der Waals surface area contributed by atoms with E-state index < -0.39 is 12.1 Å².